The Labute approximate surface area is 416 Å². The summed E-state index contributed by atoms with van der Waals surface area (Å²) in [6.07, 6.45) is 6.82. The maximum absolute atomic E-state index is 6.54. The van der Waals surface area contributed by atoms with E-state index in [0.29, 0.717) is 34.8 Å². The number of pyridine rings is 4. The van der Waals surface area contributed by atoms with E-state index in [1.807, 2.05) is 146 Å². The van der Waals surface area contributed by atoms with Gasteiger partial charge >= 0.3 is 0 Å². The van der Waals surface area contributed by atoms with Crippen molar-refractivity contribution < 1.29 is 9.47 Å². The van der Waals surface area contributed by atoms with Crippen molar-refractivity contribution in [1.82, 2.24) is 29.1 Å². The van der Waals surface area contributed by atoms with Crippen LogP contribution < -0.4 is 20.9 Å². The zero-order valence-corrected chi connectivity index (χ0v) is 39.4. The first-order valence-electron chi connectivity index (χ1n) is 21.0. The van der Waals surface area contributed by atoms with Crippen LogP contribution in [0.1, 0.15) is 11.4 Å². The topological polar surface area (TPSA) is 132 Å². The predicted octanol–water partition coefficient (Wildman–Crippen LogP) is 14.2. The van der Waals surface area contributed by atoms with Gasteiger partial charge in [0.15, 0.2) is 0 Å². The van der Waals surface area contributed by atoms with E-state index in [-0.39, 0.29) is 24.8 Å². The molecule has 0 aliphatic heterocycles. The SMILES string of the molecule is Cl.Cl.Nc1cccc(Cn2c(-c3ccc(Oc4ccncc4)cc3)ccc2-c2ccccc2Cl)n1.Nc1cccc(Cn2c(-c3ccc(Oc4ccncc4)cc3)ccc2-c2ccccc2Cl)n1. The molecule has 0 amide bonds. The molecule has 68 heavy (non-hydrogen) atoms. The number of ether oxygens (including phenoxy) is 2. The average Bonchev–Trinajstić information content (AvgIpc) is 3.95. The normalized spacial score (nSPS) is 10.5. The lowest BCUT2D eigenvalue weighted by Gasteiger charge is -2.15. The lowest BCUT2D eigenvalue weighted by Crippen LogP contribution is -2.06. The molecule has 0 saturated carbocycles. The molecule has 0 fully saturated rings. The average molecular weight is 979 g/mol. The van der Waals surface area contributed by atoms with Crippen molar-refractivity contribution in [2.24, 2.45) is 0 Å². The number of hydrogen-bond donors (Lipinski definition) is 2. The minimum atomic E-state index is 0. The van der Waals surface area contributed by atoms with Gasteiger partial charge in [-0.05, 0) is 145 Å². The van der Waals surface area contributed by atoms with E-state index >= 15 is 0 Å². The second-order valence-corrected chi connectivity index (χ2v) is 15.9. The maximum Gasteiger partial charge on any atom is 0.130 e. The van der Waals surface area contributed by atoms with Crippen molar-refractivity contribution in [2.45, 2.75) is 13.1 Å². The van der Waals surface area contributed by atoms with Gasteiger partial charge in [0.2, 0.25) is 0 Å². The van der Waals surface area contributed by atoms with Gasteiger partial charge in [0.05, 0.1) is 35.9 Å². The highest BCUT2D eigenvalue weighted by Crippen LogP contribution is 2.36. The third kappa shape index (κ3) is 11.7. The smallest absolute Gasteiger partial charge is 0.130 e. The number of aromatic nitrogens is 6. The van der Waals surface area contributed by atoms with Crippen LogP contribution in [0.3, 0.4) is 0 Å². The van der Waals surface area contributed by atoms with Crippen LogP contribution >= 0.6 is 48.0 Å². The Morgan fingerprint density at radius 2 is 0.735 bits per heavy atom. The molecule has 4 N–H and O–H groups in total. The summed E-state index contributed by atoms with van der Waals surface area (Å²) in [5, 5.41) is 1.40. The number of nitrogen functional groups attached to an aromatic ring is 2. The Kier molecular flexibility index (Phi) is 16.2. The van der Waals surface area contributed by atoms with Crippen LogP contribution in [0.25, 0.3) is 45.0 Å². The molecular formula is C54H44Cl4N8O2. The number of halogens is 4. The summed E-state index contributed by atoms with van der Waals surface area (Å²) in [6.45, 7) is 1.12. The molecule has 0 unspecified atom stereocenters. The monoisotopic (exact) mass is 976 g/mol. The zero-order valence-electron chi connectivity index (χ0n) is 36.3. The van der Waals surface area contributed by atoms with Crippen LogP contribution in [0.5, 0.6) is 23.0 Å². The fourth-order valence-electron chi connectivity index (χ4n) is 7.56. The molecule has 10 nitrogen and oxygen atoms in total. The molecule has 10 aromatic rings. The van der Waals surface area contributed by atoms with Crippen LogP contribution in [0, 0.1) is 0 Å². The second-order valence-electron chi connectivity index (χ2n) is 15.1. The van der Waals surface area contributed by atoms with Crippen LogP contribution in [0.4, 0.5) is 11.6 Å². The molecule has 14 heteroatoms. The van der Waals surface area contributed by atoms with Gasteiger partial charge < -0.3 is 30.1 Å². The molecule has 0 aliphatic carbocycles. The van der Waals surface area contributed by atoms with E-state index in [1.165, 1.54) is 0 Å². The van der Waals surface area contributed by atoms with Crippen molar-refractivity contribution in [1.29, 1.82) is 0 Å². The molecular weight excluding hydrogens is 934 g/mol. The molecule has 0 aliphatic rings. The summed E-state index contributed by atoms with van der Waals surface area (Å²) in [6, 6.07) is 58.8. The van der Waals surface area contributed by atoms with Crippen LogP contribution in [0.2, 0.25) is 10.0 Å². The maximum atomic E-state index is 6.54. The summed E-state index contributed by atoms with van der Waals surface area (Å²) in [5.74, 6) is 4.00. The van der Waals surface area contributed by atoms with E-state index in [0.717, 1.165) is 79.4 Å². The molecule has 6 aromatic heterocycles. The highest BCUT2D eigenvalue weighted by molar-refractivity contribution is 6.33. The lowest BCUT2D eigenvalue weighted by molar-refractivity contribution is 0.481. The van der Waals surface area contributed by atoms with Gasteiger partial charge in [-0.2, -0.15) is 0 Å². The van der Waals surface area contributed by atoms with E-state index < -0.39 is 0 Å². The third-order valence-corrected chi connectivity index (χ3v) is 11.3. The Bertz CT molecular complexity index is 2990. The van der Waals surface area contributed by atoms with Gasteiger partial charge in [0.25, 0.3) is 0 Å². The summed E-state index contributed by atoms with van der Waals surface area (Å²) in [5.41, 5.74) is 21.8. The summed E-state index contributed by atoms with van der Waals surface area (Å²) >= 11 is 13.1. The number of benzene rings is 4. The molecule has 0 saturated heterocycles. The fraction of sp³-hybridized carbons (Fsp3) is 0.0370. The molecule has 0 spiro atoms. The minimum Gasteiger partial charge on any atom is -0.457 e. The molecule has 4 aromatic carbocycles. The third-order valence-electron chi connectivity index (χ3n) is 10.6. The van der Waals surface area contributed by atoms with Gasteiger partial charge in [0.1, 0.15) is 34.6 Å². The van der Waals surface area contributed by atoms with Crippen molar-refractivity contribution in [3.05, 3.63) is 228 Å². The molecule has 6 heterocycles. The van der Waals surface area contributed by atoms with Gasteiger partial charge in [-0.15, -0.1) is 24.8 Å². The Hall–Kier alpha value is -7.60. The number of anilines is 2. The number of hydrogen-bond acceptors (Lipinski definition) is 8. The second kappa shape index (κ2) is 22.7. The fourth-order valence-corrected chi connectivity index (χ4v) is 8.02. The van der Waals surface area contributed by atoms with Crippen LogP contribution in [-0.4, -0.2) is 29.1 Å². The molecule has 0 radical (unpaired) electrons. The first kappa shape index (κ1) is 48.3. The standard InChI is InChI=1S/2C27H21ClN4O.2ClH/c2*28-24-6-2-1-5-23(24)26-13-12-25(32(26)18-20-4-3-7-27(29)31-20)19-8-10-21(11-9-19)33-22-14-16-30-17-15-22;;/h2*1-17H,18H2,(H2,29,31);2*1H. The zero-order chi connectivity index (χ0) is 45.2. The predicted molar refractivity (Wildman–Crippen MR) is 279 cm³/mol. The lowest BCUT2D eigenvalue weighted by atomic mass is 10.1. The quantitative estimate of drug-likeness (QED) is 0.124. The first-order valence-corrected chi connectivity index (χ1v) is 21.8. The molecule has 340 valence electrons. The Morgan fingerprint density at radius 3 is 1.10 bits per heavy atom. The summed E-state index contributed by atoms with van der Waals surface area (Å²) in [4.78, 5) is 17.0. The Balaban J connectivity index is 0.000000196. The first-order chi connectivity index (χ1) is 32.3. The minimum absolute atomic E-state index is 0. The Morgan fingerprint density at radius 1 is 0.382 bits per heavy atom. The number of nitrogens with two attached hydrogens (primary N) is 2. The van der Waals surface area contributed by atoms with E-state index in [9.17, 15) is 0 Å². The highest BCUT2D eigenvalue weighted by atomic mass is 35.5. The van der Waals surface area contributed by atoms with Gasteiger partial charge in [-0.1, -0.05) is 71.7 Å². The summed E-state index contributed by atoms with van der Waals surface area (Å²) < 4.78 is 16.2. The number of nitrogens with zero attached hydrogens (tertiary/aromatic N) is 6. The molecule has 10 rings (SSSR count). The molecule has 0 atom stereocenters. The van der Waals surface area contributed by atoms with Crippen molar-refractivity contribution >= 4 is 59.7 Å². The van der Waals surface area contributed by atoms with Gasteiger partial charge in [-0.3, -0.25) is 9.97 Å². The van der Waals surface area contributed by atoms with E-state index in [4.69, 9.17) is 44.1 Å². The van der Waals surface area contributed by atoms with E-state index in [1.54, 1.807) is 36.9 Å². The number of rotatable bonds is 12. The highest BCUT2D eigenvalue weighted by Gasteiger charge is 2.17. The largest absolute Gasteiger partial charge is 0.457 e. The summed E-state index contributed by atoms with van der Waals surface area (Å²) in [7, 11) is 0. The van der Waals surface area contributed by atoms with Crippen LogP contribution in [0.15, 0.2) is 207 Å². The van der Waals surface area contributed by atoms with Crippen molar-refractivity contribution in [3.63, 3.8) is 0 Å². The van der Waals surface area contributed by atoms with Gasteiger partial charge in [-0.25, -0.2) is 9.97 Å². The van der Waals surface area contributed by atoms with Crippen LogP contribution in [-0.2, 0) is 13.1 Å². The molecule has 0 bridgehead atoms. The van der Waals surface area contributed by atoms with Crippen molar-refractivity contribution in [3.8, 4) is 68.0 Å². The van der Waals surface area contributed by atoms with E-state index in [2.05, 4.69) is 53.3 Å². The van der Waals surface area contributed by atoms with Gasteiger partial charge in [0, 0.05) is 57.3 Å². The van der Waals surface area contributed by atoms with Crippen molar-refractivity contribution in [2.75, 3.05) is 11.5 Å².